The van der Waals surface area contributed by atoms with E-state index in [-0.39, 0.29) is 24.6 Å². The quantitative estimate of drug-likeness (QED) is 0.651. The lowest BCUT2D eigenvalue weighted by molar-refractivity contribution is 0.231. The summed E-state index contributed by atoms with van der Waals surface area (Å²) in [4.78, 5) is 11.6. The highest BCUT2D eigenvalue weighted by Crippen LogP contribution is 2.19. The third kappa shape index (κ3) is 3.88. The highest BCUT2D eigenvalue weighted by Gasteiger charge is 2.19. The third-order valence-corrected chi connectivity index (χ3v) is 3.59. The van der Waals surface area contributed by atoms with Gasteiger partial charge < -0.3 is 15.7 Å². The molecule has 4 heteroatoms. The summed E-state index contributed by atoms with van der Waals surface area (Å²) in [7, 11) is 0. The van der Waals surface area contributed by atoms with Crippen molar-refractivity contribution in [1.29, 1.82) is 0 Å². The lowest BCUT2D eigenvalue weighted by atomic mass is 10.1. The number of aliphatic hydroxyl groups is 1. The van der Waals surface area contributed by atoms with Gasteiger partial charge >= 0.3 is 6.03 Å². The van der Waals surface area contributed by atoms with Gasteiger partial charge in [-0.05, 0) is 32.1 Å². The van der Waals surface area contributed by atoms with Crippen LogP contribution in [0.3, 0.4) is 0 Å². The SMILES string of the molecule is O=C(NCCC1=CCCC1)N[C@@H]1C=C[C@H](CO)C1. The maximum absolute atomic E-state index is 11.6. The van der Waals surface area contributed by atoms with Crippen molar-refractivity contribution in [1.82, 2.24) is 10.6 Å². The van der Waals surface area contributed by atoms with Gasteiger partial charge in [-0.25, -0.2) is 4.79 Å². The van der Waals surface area contributed by atoms with Gasteiger partial charge in [-0.1, -0.05) is 23.8 Å². The van der Waals surface area contributed by atoms with Crippen LogP contribution in [0.1, 0.15) is 32.1 Å². The lowest BCUT2D eigenvalue weighted by Gasteiger charge is -2.13. The van der Waals surface area contributed by atoms with Gasteiger partial charge in [-0.15, -0.1) is 0 Å². The van der Waals surface area contributed by atoms with Gasteiger partial charge in [0.25, 0.3) is 0 Å². The van der Waals surface area contributed by atoms with Gasteiger partial charge in [-0.2, -0.15) is 0 Å². The molecule has 4 nitrogen and oxygen atoms in total. The molecule has 2 amide bonds. The average molecular weight is 250 g/mol. The number of nitrogens with one attached hydrogen (secondary N) is 2. The van der Waals surface area contributed by atoms with Gasteiger partial charge in [0, 0.05) is 25.1 Å². The molecule has 2 atom stereocenters. The Morgan fingerprint density at radius 1 is 1.44 bits per heavy atom. The molecule has 0 fully saturated rings. The van der Waals surface area contributed by atoms with Crippen molar-refractivity contribution in [2.75, 3.05) is 13.2 Å². The Morgan fingerprint density at radius 3 is 3.00 bits per heavy atom. The van der Waals surface area contributed by atoms with Crippen LogP contribution < -0.4 is 10.6 Å². The zero-order valence-electron chi connectivity index (χ0n) is 10.7. The Hall–Kier alpha value is -1.29. The highest BCUT2D eigenvalue weighted by atomic mass is 16.3. The fraction of sp³-hybridized carbons (Fsp3) is 0.643. The first-order valence-electron chi connectivity index (χ1n) is 6.79. The van der Waals surface area contributed by atoms with Gasteiger partial charge in [0.1, 0.15) is 0 Å². The molecule has 0 radical (unpaired) electrons. The van der Waals surface area contributed by atoms with Crippen molar-refractivity contribution in [3.05, 3.63) is 23.8 Å². The fourth-order valence-corrected chi connectivity index (χ4v) is 2.54. The lowest BCUT2D eigenvalue weighted by Crippen LogP contribution is -2.41. The van der Waals surface area contributed by atoms with E-state index in [1.165, 1.54) is 24.8 Å². The predicted octanol–water partition coefficient (Wildman–Crippen LogP) is 1.72. The van der Waals surface area contributed by atoms with Crippen LogP contribution in [0.2, 0.25) is 0 Å². The molecule has 0 bridgehead atoms. The second kappa shape index (κ2) is 6.59. The molecule has 0 aromatic carbocycles. The van der Waals surface area contributed by atoms with Gasteiger partial charge in [0.15, 0.2) is 0 Å². The van der Waals surface area contributed by atoms with Crippen LogP contribution in [0.25, 0.3) is 0 Å². The molecule has 0 saturated heterocycles. The molecule has 0 aromatic heterocycles. The number of hydrogen-bond donors (Lipinski definition) is 3. The Balaban J connectivity index is 1.59. The number of hydrogen-bond acceptors (Lipinski definition) is 2. The van der Waals surface area contributed by atoms with E-state index in [9.17, 15) is 4.79 Å². The van der Waals surface area contributed by atoms with Crippen LogP contribution in [0.15, 0.2) is 23.8 Å². The molecular formula is C14H22N2O2. The molecule has 0 unspecified atom stereocenters. The first-order chi connectivity index (χ1) is 8.78. The summed E-state index contributed by atoms with van der Waals surface area (Å²) in [6.45, 7) is 0.863. The van der Waals surface area contributed by atoms with Gasteiger partial charge in [0.05, 0.1) is 0 Å². The highest BCUT2D eigenvalue weighted by molar-refractivity contribution is 5.74. The summed E-state index contributed by atoms with van der Waals surface area (Å²) >= 11 is 0. The molecule has 3 N–H and O–H groups in total. The van der Waals surface area contributed by atoms with Crippen LogP contribution in [-0.2, 0) is 0 Å². The van der Waals surface area contributed by atoms with E-state index in [0.717, 1.165) is 12.8 Å². The summed E-state index contributed by atoms with van der Waals surface area (Å²) in [5, 5.41) is 14.8. The smallest absolute Gasteiger partial charge is 0.315 e. The molecule has 0 saturated carbocycles. The summed E-state index contributed by atoms with van der Waals surface area (Å²) in [6, 6.07) is -0.0466. The first-order valence-corrected chi connectivity index (χ1v) is 6.79. The zero-order valence-corrected chi connectivity index (χ0v) is 10.7. The molecule has 0 aliphatic heterocycles. The average Bonchev–Trinajstić information content (AvgIpc) is 3.00. The predicted molar refractivity (Wildman–Crippen MR) is 71.2 cm³/mol. The van der Waals surface area contributed by atoms with E-state index in [2.05, 4.69) is 16.7 Å². The normalized spacial score (nSPS) is 26.2. The Bertz CT molecular complexity index is 350. The molecule has 0 aromatic rings. The number of carbonyl (C=O) groups is 1. The summed E-state index contributed by atoms with van der Waals surface area (Å²) < 4.78 is 0. The largest absolute Gasteiger partial charge is 0.396 e. The number of carbonyl (C=O) groups excluding carboxylic acids is 1. The van der Waals surface area contributed by atoms with E-state index in [0.29, 0.717) is 6.54 Å². The van der Waals surface area contributed by atoms with Crippen molar-refractivity contribution in [2.24, 2.45) is 5.92 Å². The van der Waals surface area contributed by atoms with Crippen molar-refractivity contribution < 1.29 is 9.90 Å². The van der Waals surface area contributed by atoms with Gasteiger partial charge in [-0.3, -0.25) is 0 Å². The molecule has 100 valence electrons. The number of amides is 2. The third-order valence-electron chi connectivity index (χ3n) is 3.59. The molecule has 0 spiro atoms. The Labute approximate surface area is 108 Å². The van der Waals surface area contributed by atoms with E-state index in [1.54, 1.807) is 0 Å². The maximum atomic E-state index is 11.6. The minimum atomic E-state index is -0.109. The second-order valence-corrected chi connectivity index (χ2v) is 5.07. The van der Waals surface area contributed by atoms with Gasteiger partial charge in [0.2, 0.25) is 0 Å². The minimum absolute atomic E-state index is 0.0628. The standard InChI is InChI=1S/C14H22N2O2/c17-10-12-5-6-13(9-12)16-14(18)15-8-7-11-3-1-2-4-11/h3,5-6,12-13,17H,1-2,4,7-10H2,(H2,15,16,18)/t12-,13+/m0/s1. The van der Waals surface area contributed by atoms with Crippen molar-refractivity contribution in [2.45, 2.75) is 38.1 Å². The van der Waals surface area contributed by atoms with Crippen molar-refractivity contribution in [3.63, 3.8) is 0 Å². The van der Waals surface area contributed by atoms with Crippen LogP contribution in [0.5, 0.6) is 0 Å². The zero-order chi connectivity index (χ0) is 12.8. The maximum Gasteiger partial charge on any atom is 0.315 e. The summed E-state index contributed by atoms with van der Waals surface area (Å²) in [5.41, 5.74) is 1.47. The van der Waals surface area contributed by atoms with Crippen molar-refractivity contribution in [3.8, 4) is 0 Å². The summed E-state index contributed by atoms with van der Waals surface area (Å²) in [5.74, 6) is 0.193. The molecular weight excluding hydrogens is 228 g/mol. The Morgan fingerprint density at radius 2 is 2.33 bits per heavy atom. The number of rotatable bonds is 5. The fourth-order valence-electron chi connectivity index (χ4n) is 2.54. The molecule has 18 heavy (non-hydrogen) atoms. The van der Waals surface area contributed by atoms with Crippen molar-refractivity contribution >= 4 is 6.03 Å². The molecule has 2 aliphatic carbocycles. The molecule has 2 rings (SSSR count). The minimum Gasteiger partial charge on any atom is -0.396 e. The van der Waals surface area contributed by atoms with Crippen LogP contribution >= 0.6 is 0 Å². The van der Waals surface area contributed by atoms with Crippen LogP contribution in [0.4, 0.5) is 4.79 Å². The number of aliphatic hydroxyl groups excluding tert-OH is 1. The number of allylic oxidation sites excluding steroid dienone is 1. The summed E-state index contributed by atoms with van der Waals surface area (Å²) in [6.07, 6.45) is 11.6. The topological polar surface area (TPSA) is 61.4 Å². The number of urea groups is 1. The van der Waals surface area contributed by atoms with E-state index in [4.69, 9.17) is 5.11 Å². The second-order valence-electron chi connectivity index (χ2n) is 5.07. The van der Waals surface area contributed by atoms with E-state index < -0.39 is 0 Å². The first kappa shape index (κ1) is 13.1. The Kier molecular flexibility index (Phi) is 4.81. The van der Waals surface area contributed by atoms with Crippen LogP contribution in [-0.4, -0.2) is 30.3 Å². The monoisotopic (exact) mass is 250 g/mol. The van der Waals surface area contributed by atoms with E-state index >= 15 is 0 Å². The molecule has 2 aliphatic rings. The van der Waals surface area contributed by atoms with Crippen LogP contribution in [0, 0.1) is 5.92 Å². The van der Waals surface area contributed by atoms with E-state index in [1.807, 2.05) is 12.2 Å². The molecule has 0 heterocycles.